The predicted molar refractivity (Wildman–Crippen MR) is 91.9 cm³/mol. The molecule has 132 valence electrons. The van der Waals surface area contributed by atoms with Crippen LogP contribution in [0.15, 0.2) is 36.4 Å². The van der Waals surface area contributed by atoms with E-state index in [2.05, 4.69) is 0 Å². The van der Waals surface area contributed by atoms with Crippen molar-refractivity contribution in [2.24, 2.45) is 0 Å². The number of methoxy groups -OCH3 is 3. The Kier molecular flexibility index (Phi) is 6.00. The largest absolute Gasteiger partial charge is 0.493 e. The van der Waals surface area contributed by atoms with E-state index in [1.54, 1.807) is 36.4 Å². The van der Waals surface area contributed by atoms with Gasteiger partial charge in [-0.05, 0) is 37.3 Å². The van der Waals surface area contributed by atoms with Crippen LogP contribution in [0.4, 0.5) is 0 Å². The summed E-state index contributed by atoms with van der Waals surface area (Å²) in [5.41, 5.74) is 1.17. The van der Waals surface area contributed by atoms with Gasteiger partial charge in [-0.15, -0.1) is 0 Å². The molecule has 0 aliphatic heterocycles. The molecule has 2 aromatic rings. The van der Waals surface area contributed by atoms with E-state index >= 15 is 0 Å². The minimum Gasteiger partial charge on any atom is -0.493 e. The van der Waals surface area contributed by atoms with E-state index in [0.717, 1.165) is 0 Å². The molecule has 0 bridgehead atoms. The SMILES string of the molecule is COc1ccc(CC(=O)Oc2ccc(C(C)=O)cc2)c(OC)c1OC. The van der Waals surface area contributed by atoms with Crippen molar-refractivity contribution in [1.29, 1.82) is 0 Å². The number of ketones is 1. The third-order valence-electron chi connectivity index (χ3n) is 3.61. The average Bonchev–Trinajstić information content (AvgIpc) is 2.61. The molecule has 0 radical (unpaired) electrons. The number of hydrogen-bond donors (Lipinski definition) is 0. The van der Waals surface area contributed by atoms with Crippen LogP contribution in [-0.4, -0.2) is 33.1 Å². The van der Waals surface area contributed by atoms with Gasteiger partial charge in [-0.1, -0.05) is 6.07 Å². The van der Waals surface area contributed by atoms with Crippen molar-refractivity contribution in [2.75, 3.05) is 21.3 Å². The minimum absolute atomic E-state index is 0.00200. The highest BCUT2D eigenvalue weighted by molar-refractivity contribution is 5.94. The van der Waals surface area contributed by atoms with Gasteiger partial charge in [-0.2, -0.15) is 0 Å². The van der Waals surface area contributed by atoms with Crippen LogP contribution < -0.4 is 18.9 Å². The second kappa shape index (κ2) is 8.19. The maximum Gasteiger partial charge on any atom is 0.315 e. The van der Waals surface area contributed by atoms with Gasteiger partial charge >= 0.3 is 5.97 Å². The first-order valence-electron chi connectivity index (χ1n) is 7.59. The molecule has 0 fully saturated rings. The Morgan fingerprint density at radius 3 is 2.00 bits per heavy atom. The molecule has 0 aliphatic carbocycles. The van der Waals surface area contributed by atoms with Crippen molar-refractivity contribution in [1.82, 2.24) is 0 Å². The fourth-order valence-electron chi connectivity index (χ4n) is 2.38. The highest BCUT2D eigenvalue weighted by Crippen LogP contribution is 2.40. The van der Waals surface area contributed by atoms with Crippen LogP contribution in [0.25, 0.3) is 0 Å². The van der Waals surface area contributed by atoms with E-state index in [0.29, 0.717) is 34.1 Å². The Labute approximate surface area is 146 Å². The number of Topliss-reactive ketones (excluding diaryl/α,β-unsaturated/α-hetero) is 1. The lowest BCUT2D eigenvalue weighted by Gasteiger charge is -2.15. The van der Waals surface area contributed by atoms with Gasteiger partial charge in [0.05, 0.1) is 27.8 Å². The number of rotatable bonds is 7. The number of carbonyl (C=O) groups is 2. The average molecular weight is 344 g/mol. The number of benzene rings is 2. The van der Waals surface area contributed by atoms with Crippen molar-refractivity contribution in [2.45, 2.75) is 13.3 Å². The highest BCUT2D eigenvalue weighted by atomic mass is 16.5. The van der Waals surface area contributed by atoms with Gasteiger partial charge in [0.2, 0.25) is 5.75 Å². The zero-order valence-electron chi connectivity index (χ0n) is 14.6. The zero-order valence-corrected chi connectivity index (χ0v) is 14.6. The molecule has 0 heterocycles. The third kappa shape index (κ3) is 4.29. The molecule has 0 unspecified atom stereocenters. The minimum atomic E-state index is -0.457. The molecular weight excluding hydrogens is 324 g/mol. The summed E-state index contributed by atoms with van der Waals surface area (Å²) >= 11 is 0. The zero-order chi connectivity index (χ0) is 18.4. The van der Waals surface area contributed by atoms with Crippen LogP contribution in [0.3, 0.4) is 0 Å². The molecule has 0 atom stereocenters. The lowest BCUT2D eigenvalue weighted by molar-refractivity contribution is -0.133. The first-order chi connectivity index (χ1) is 12.0. The van der Waals surface area contributed by atoms with Crippen molar-refractivity contribution < 1.29 is 28.5 Å². The second-order valence-corrected chi connectivity index (χ2v) is 5.22. The lowest BCUT2D eigenvalue weighted by atomic mass is 10.1. The number of carbonyl (C=O) groups excluding carboxylic acids is 2. The van der Waals surface area contributed by atoms with Crippen LogP contribution in [0.1, 0.15) is 22.8 Å². The van der Waals surface area contributed by atoms with Gasteiger partial charge in [0.25, 0.3) is 0 Å². The van der Waals surface area contributed by atoms with E-state index in [1.807, 2.05) is 0 Å². The summed E-state index contributed by atoms with van der Waals surface area (Å²) in [6.07, 6.45) is -0.00200. The summed E-state index contributed by atoms with van der Waals surface area (Å²) in [5, 5.41) is 0. The first kappa shape index (κ1) is 18.3. The number of hydrogen-bond acceptors (Lipinski definition) is 6. The predicted octanol–water partition coefficient (Wildman–Crippen LogP) is 3.06. The van der Waals surface area contributed by atoms with Crippen molar-refractivity contribution >= 4 is 11.8 Å². The van der Waals surface area contributed by atoms with Gasteiger partial charge in [0, 0.05) is 11.1 Å². The molecule has 2 aromatic carbocycles. The molecule has 0 spiro atoms. The first-order valence-corrected chi connectivity index (χ1v) is 7.59. The molecular formula is C19H20O6. The Morgan fingerprint density at radius 1 is 0.840 bits per heavy atom. The lowest BCUT2D eigenvalue weighted by Crippen LogP contribution is -2.12. The molecule has 0 saturated heterocycles. The second-order valence-electron chi connectivity index (χ2n) is 5.22. The van der Waals surface area contributed by atoms with Crippen molar-refractivity contribution in [3.63, 3.8) is 0 Å². The summed E-state index contributed by atoms with van der Waals surface area (Å²) in [6, 6.07) is 9.82. The number of ether oxygens (including phenoxy) is 4. The summed E-state index contributed by atoms with van der Waals surface area (Å²) in [6.45, 7) is 1.48. The van der Waals surface area contributed by atoms with E-state index in [1.165, 1.54) is 28.3 Å². The Morgan fingerprint density at radius 2 is 1.48 bits per heavy atom. The summed E-state index contributed by atoms with van der Waals surface area (Å²) in [7, 11) is 4.52. The Bertz CT molecular complexity index is 764. The van der Waals surface area contributed by atoms with Gasteiger partial charge in [0.1, 0.15) is 5.75 Å². The topological polar surface area (TPSA) is 71.1 Å². The monoisotopic (exact) mass is 344 g/mol. The molecule has 25 heavy (non-hydrogen) atoms. The highest BCUT2D eigenvalue weighted by Gasteiger charge is 2.18. The molecule has 0 saturated carbocycles. The molecule has 2 rings (SSSR count). The van der Waals surface area contributed by atoms with Crippen LogP contribution in [0.2, 0.25) is 0 Å². The summed E-state index contributed by atoms with van der Waals surface area (Å²) in [5.74, 6) is 1.21. The van der Waals surface area contributed by atoms with Crippen LogP contribution in [-0.2, 0) is 11.2 Å². The number of esters is 1. The maximum absolute atomic E-state index is 12.2. The van der Waals surface area contributed by atoms with E-state index < -0.39 is 5.97 Å². The van der Waals surface area contributed by atoms with Gasteiger partial charge in [0.15, 0.2) is 17.3 Å². The van der Waals surface area contributed by atoms with Crippen LogP contribution in [0.5, 0.6) is 23.0 Å². The van der Waals surface area contributed by atoms with Gasteiger partial charge in [-0.25, -0.2) is 0 Å². The third-order valence-corrected chi connectivity index (χ3v) is 3.61. The normalized spacial score (nSPS) is 10.1. The Hall–Kier alpha value is -3.02. The Balaban J connectivity index is 2.16. The van der Waals surface area contributed by atoms with Crippen molar-refractivity contribution in [3.05, 3.63) is 47.5 Å². The van der Waals surface area contributed by atoms with Crippen molar-refractivity contribution in [3.8, 4) is 23.0 Å². The van der Waals surface area contributed by atoms with Crippen LogP contribution in [0, 0.1) is 0 Å². The quantitative estimate of drug-likeness (QED) is 0.437. The summed E-state index contributed by atoms with van der Waals surface area (Å²) in [4.78, 5) is 23.5. The molecule has 6 nitrogen and oxygen atoms in total. The fourth-order valence-corrected chi connectivity index (χ4v) is 2.38. The molecule has 0 amide bonds. The van der Waals surface area contributed by atoms with Crippen LogP contribution >= 0.6 is 0 Å². The standard InChI is InChI=1S/C19H20O6/c1-12(20)13-5-8-15(9-6-13)25-17(21)11-14-7-10-16(22-2)19(24-4)18(14)23-3/h5-10H,11H2,1-4H3. The molecule has 0 aliphatic rings. The van der Waals surface area contributed by atoms with E-state index in [4.69, 9.17) is 18.9 Å². The van der Waals surface area contributed by atoms with Gasteiger partial charge in [-0.3, -0.25) is 9.59 Å². The molecule has 0 aromatic heterocycles. The fraction of sp³-hybridized carbons (Fsp3) is 0.263. The van der Waals surface area contributed by atoms with E-state index in [-0.39, 0.29) is 12.2 Å². The summed E-state index contributed by atoms with van der Waals surface area (Å²) < 4.78 is 21.2. The van der Waals surface area contributed by atoms with Gasteiger partial charge < -0.3 is 18.9 Å². The maximum atomic E-state index is 12.2. The molecule has 6 heteroatoms. The van der Waals surface area contributed by atoms with E-state index in [9.17, 15) is 9.59 Å². The molecule has 0 N–H and O–H groups in total. The smallest absolute Gasteiger partial charge is 0.315 e.